The minimum absolute atomic E-state index is 0.450. The zero-order valence-corrected chi connectivity index (χ0v) is 12.5. The molecule has 4 heteroatoms. The van der Waals surface area contributed by atoms with Gasteiger partial charge in [-0.05, 0) is 40.8 Å². The Kier molecular flexibility index (Phi) is 3.89. The van der Waals surface area contributed by atoms with Gasteiger partial charge in [0.1, 0.15) is 6.07 Å². The molecule has 0 bridgehead atoms. The second kappa shape index (κ2) is 5.23. The topological polar surface area (TPSA) is 36.7 Å². The van der Waals surface area contributed by atoms with Crippen molar-refractivity contribution >= 4 is 45.3 Å². The fraction of sp³-hybridized carbons (Fsp3) is 0.231. The van der Waals surface area contributed by atoms with Crippen molar-refractivity contribution < 1.29 is 0 Å². The largest absolute Gasteiger partial charge is 0.255 e. The number of nitrogens with zero attached hydrogens (tertiary/aromatic N) is 2. The quantitative estimate of drug-likeness (QED) is 0.599. The normalized spacial score (nSPS) is 10.8. The number of hydrogen-bond donors (Lipinski definition) is 0. The molecule has 0 aliphatic rings. The summed E-state index contributed by atoms with van der Waals surface area (Å²) < 4.78 is 1.16. The molecular formula is C13H11IN2S. The molecule has 0 fully saturated rings. The van der Waals surface area contributed by atoms with Crippen LogP contribution in [0.5, 0.6) is 0 Å². The summed E-state index contributed by atoms with van der Waals surface area (Å²) in [5, 5.41) is 10.7. The van der Waals surface area contributed by atoms with Crippen molar-refractivity contribution in [1.82, 2.24) is 4.98 Å². The van der Waals surface area contributed by atoms with E-state index >= 15 is 0 Å². The molecule has 1 heterocycles. The third kappa shape index (κ3) is 2.72. The molecule has 0 atom stereocenters. The van der Waals surface area contributed by atoms with E-state index in [1.807, 2.05) is 12.1 Å². The van der Waals surface area contributed by atoms with Crippen LogP contribution in [-0.2, 0) is 0 Å². The summed E-state index contributed by atoms with van der Waals surface area (Å²) in [6.07, 6.45) is 1.67. The van der Waals surface area contributed by atoms with Crippen molar-refractivity contribution in [2.45, 2.75) is 24.0 Å². The lowest BCUT2D eigenvalue weighted by atomic mass is 10.2. The smallest absolute Gasteiger partial charge is 0.102 e. The lowest BCUT2D eigenvalue weighted by molar-refractivity contribution is 1.11. The Bertz CT molecular complexity index is 602. The number of fused-ring (bicyclic) bond motifs is 1. The zero-order valence-electron chi connectivity index (χ0n) is 9.57. The molecule has 1 aromatic carbocycles. The summed E-state index contributed by atoms with van der Waals surface area (Å²) in [6, 6.07) is 8.35. The van der Waals surface area contributed by atoms with Crippen LogP contribution in [-0.4, -0.2) is 10.2 Å². The number of aromatic nitrogens is 1. The van der Waals surface area contributed by atoms with Crippen molar-refractivity contribution in [2.75, 3.05) is 0 Å². The van der Waals surface area contributed by atoms with Gasteiger partial charge in [-0.25, -0.2) is 0 Å². The van der Waals surface area contributed by atoms with Gasteiger partial charge < -0.3 is 0 Å². The molecule has 2 rings (SSSR count). The number of hydrogen-bond acceptors (Lipinski definition) is 3. The number of nitriles is 1. The van der Waals surface area contributed by atoms with Crippen molar-refractivity contribution in [3.63, 3.8) is 0 Å². The molecule has 0 unspecified atom stereocenters. The highest BCUT2D eigenvalue weighted by Gasteiger charge is 2.11. The van der Waals surface area contributed by atoms with E-state index in [4.69, 9.17) is 5.26 Å². The van der Waals surface area contributed by atoms with Crippen molar-refractivity contribution in [3.05, 3.63) is 33.5 Å². The van der Waals surface area contributed by atoms with Gasteiger partial charge >= 0.3 is 0 Å². The van der Waals surface area contributed by atoms with E-state index in [1.165, 1.54) is 0 Å². The van der Waals surface area contributed by atoms with E-state index in [-0.39, 0.29) is 0 Å². The monoisotopic (exact) mass is 354 g/mol. The molecule has 0 saturated heterocycles. The van der Waals surface area contributed by atoms with Gasteiger partial charge in [0.2, 0.25) is 0 Å². The van der Waals surface area contributed by atoms with Gasteiger partial charge in [-0.1, -0.05) is 13.8 Å². The Labute approximate surface area is 119 Å². The first kappa shape index (κ1) is 12.7. The maximum Gasteiger partial charge on any atom is 0.102 e. The molecule has 0 N–H and O–H groups in total. The van der Waals surface area contributed by atoms with Gasteiger partial charge in [0.15, 0.2) is 0 Å². The Morgan fingerprint density at radius 1 is 1.41 bits per heavy atom. The number of rotatable bonds is 2. The van der Waals surface area contributed by atoms with Gasteiger partial charge in [-0.2, -0.15) is 5.26 Å². The molecule has 17 heavy (non-hydrogen) atoms. The first-order valence-electron chi connectivity index (χ1n) is 5.27. The highest BCUT2D eigenvalue weighted by atomic mass is 127. The average molecular weight is 354 g/mol. The van der Waals surface area contributed by atoms with Crippen molar-refractivity contribution in [3.8, 4) is 6.07 Å². The molecule has 0 amide bonds. The standard InChI is InChI=1S/C13H11IN2S/c1-8(2)17-13-9(6-15)7-16-12-4-3-10(14)5-11(12)13/h3-5,7-8H,1-2H3. The van der Waals surface area contributed by atoms with E-state index in [1.54, 1.807) is 18.0 Å². The van der Waals surface area contributed by atoms with Crippen LogP contribution in [0.2, 0.25) is 0 Å². The first-order chi connectivity index (χ1) is 8.11. The average Bonchev–Trinajstić information content (AvgIpc) is 2.29. The summed E-state index contributed by atoms with van der Waals surface area (Å²) in [6.45, 7) is 4.26. The highest BCUT2D eigenvalue weighted by Crippen LogP contribution is 2.33. The molecular weight excluding hydrogens is 343 g/mol. The second-order valence-corrected chi connectivity index (χ2v) is 6.77. The molecule has 2 aromatic rings. The van der Waals surface area contributed by atoms with Gasteiger partial charge in [0.05, 0.1) is 11.1 Å². The molecule has 86 valence electrons. The predicted molar refractivity (Wildman–Crippen MR) is 80.2 cm³/mol. The second-order valence-electron chi connectivity index (χ2n) is 3.94. The van der Waals surface area contributed by atoms with E-state index in [0.717, 1.165) is 19.4 Å². The minimum atomic E-state index is 0.450. The summed E-state index contributed by atoms with van der Waals surface area (Å²) in [7, 11) is 0. The van der Waals surface area contributed by atoms with Crippen LogP contribution in [0.15, 0.2) is 29.3 Å². The van der Waals surface area contributed by atoms with Gasteiger partial charge in [0.25, 0.3) is 0 Å². The van der Waals surface area contributed by atoms with Crippen molar-refractivity contribution in [1.29, 1.82) is 5.26 Å². The lowest BCUT2D eigenvalue weighted by Gasteiger charge is -2.10. The number of thioether (sulfide) groups is 1. The fourth-order valence-corrected chi connectivity index (χ4v) is 3.06. The Hall–Kier alpha value is -0.800. The predicted octanol–water partition coefficient (Wildman–Crippen LogP) is 4.21. The maximum atomic E-state index is 9.15. The van der Waals surface area contributed by atoms with Gasteiger partial charge in [-0.15, -0.1) is 11.8 Å². The summed E-state index contributed by atoms with van der Waals surface area (Å²) >= 11 is 4.00. The lowest BCUT2D eigenvalue weighted by Crippen LogP contribution is -1.93. The fourth-order valence-electron chi connectivity index (χ4n) is 1.58. The van der Waals surface area contributed by atoms with Crippen LogP contribution in [0.25, 0.3) is 10.9 Å². The number of halogens is 1. The number of benzene rings is 1. The molecule has 0 spiro atoms. The molecule has 0 saturated carbocycles. The number of pyridine rings is 1. The van der Waals surface area contributed by atoms with E-state index in [9.17, 15) is 0 Å². The van der Waals surface area contributed by atoms with Crippen LogP contribution >= 0.6 is 34.4 Å². The minimum Gasteiger partial charge on any atom is -0.255 e. The maximum absolute atomic E-state index is 9.15. The van der Waals surface area contributed by atoms with E-state index in [0.29, 0.717) is 10.8 Å². The molecule has 1 aromatic heterocycles. The molecule has 0 radical (unpaired) electrons. The summed E-state index contributed by atoms with van der Waals surface area (Å²) in [5.74, 6) is 0. The van der Waals surface area contributed by atoms with E-state index < -0.39 is 0 Å². The summed E-state index contributed by atoms with van der Waals surface area (Å²) in [4.78, 5) is 5.37. The van der Waals surface area contributed by atoms with Crippen LogP contribution < -0.4 is 0 Å². The zero-order chi connectivity index (χ0) is 12.4. The third-order valence-electron chi connectivity index (χ3n) is 2.25. The first-order valence-corrected chi connectivity index (χ1v) is 7.22. The highest BCUT2D eigenvalue weighted by molar-refractivity contribution is 14.1. The molecule has 0 aliphatic carbocycles. The Morgan fingerprint density at radius 2 is 2.18 bits per heavy atom. The SMILES string of the molecule is CC(C)Sc1c(C#N)cnc2ccc(I)cc12. The van der Waals surface area contributed by atoms with Crippen molar-refractivity contribution in [2.24, 2.45) is 0 Å². The van der Waals surface area contributed by atoms with Gasteiger partial charge in [-0.3, -0.25) is 4.98 Å². The van der Waals surface area contributed by atoms with Crippen LogP contribution in [0, 0.1) is 14.9 Å². The third-order valence-corrected chi connectivity index (χ3v) is 4.07. The Morgan fingerprint density at radius 3 is 2.82 bits per heavy atom. The van der Waals surface area contributed by atoms with E-state index in [2.05, 4.69) is 53.6 Å². The molecule has 2 nitrogen and oxygen atoms in total. The Balaban J connectivity index is 2.73. The van der Waals surface area contributed by atoms with Crippen LogP contribution in [0.4, 0.5) is 0 Å². The molecule has 0 aliphatic heterocycles. The van der Waals surface area contributed by atoms with Gasteiger partial charge in [0, 0.05) is 25.3 Å². The van der Waals surface area contributed by atoms with Crippen LogP contribution in [0.3, 0.4) is 0 Å². The summed E-state index contributed by atoms with van der Waals surface area (Å²) in [5.41, 5.74) is 1.62. The van der Waals surface area contributed by atoms with Crippen LogP contribution in [0.1, 0.15) is 19.4 Å².